The molecular formula is C27H40N2O2. The maximum Gasteiger partial charge on any atom is 0.307 e. The Bertz CT molecular complexity index is 756. The van der Waals surface area contributed by atoms with Crippen molar-refractivity contribution in [3.8, 4) is 11.4 Å². The number of carbonyl (C=O) groups is 1. The number of aryl methyl sites for hydroxylation is 1. The smallest absolute Gasteiger partial charge is 0.307 e. The van der Waals surface area contributed by atoms with Gasteiger partial charge < -0.3 is 5.11 Å². The minimum atomic E-state index is -0.688. The van der Waals surface area contributed by atoms with Gasteiger partial charge in [-0.2, -0.15) is 0 Å². The molecule has 2 unspecified atom stereocenters. The van der Waals surface area contributed by atoms with Crippen LogP contribution in [0.25, 0.3) is 11.4 Å². The molecule has 0 aliphatic carbocycles. The molecule has 0 aliphatic rings. The molecule has 170 valence electrons. The van der Waals surface area contributed by atoms with Crippen LogP contribution < -0.4 is 0 Å². The Morgan fingerprint density at radius 2 is 1.45 bits per heavy atom. The SMILES string of the molecule is CCCCCCCCC(C(=O)O)C(C)c1ccc(-c2ncc(CCCCC)cn2)cc1. The first-order valence-corrected chi connectivity index (χ1v) is 12.2. The van der Waals surface area contributed by atoms with E-state index in [9.17, 15) is 9.90 Å². The maximum absolute atomic E-state index is 11.9. The highest BCUT2D eigenvalue weighted by molar-refractivity contribution is 5.71. The average molecular weight is 425 g/mol. The fraction of sp³-hybridized carbons (Fsp3) is 0.593. The minimum Gasteiger partial charge on any atom is -0.481 e. The summed E-state index contributed by atoms with van der Waals surface area (Å²) in [7, 11) is 0. The van der Waals surface area contributed by atoms with E-state index in [1.807, 2.05) is 43.6 Å². The van der Waals surface area contributed by atoms with Gasteiger partial charge in [-0.1, -0.05) is 96.4 Å². The van der Waals surface area contributed by atoms with Crippen LogP contribution in [0.5, 0.6) is 0 Å². The zero-order valence-corrected chi connectivity index (χ0v) is 19.6. The predicted molar refractivity (Wildman–Crippen MR) is 128 cm³/mol. The summed E-state index contributed by atoms with van der Waals surface area (Å²) < 4.78 is 0. The van der Waals surface area contributed by atoms with E-state index in [-0.39, 0.29) is 11.8 Å². The lowest BCUT2D eigenvalue weighted by Crippen LogP contribution is -2.20. The summed E-state index contributed by atoms with van der Waals surface area (Å²) >= 11 is 0. The Labute approximate surface area is 188 Å². The van der Waals surface area contributed by atoms with E-state index in [1.165, 1.54) is 50.5 Å². The van der Waals surface area contributed by atoms with Crippen LogP contribution in [0, 0.1) is 5.92 Å². The van der Waals surface area contributed by atoms with Crippen LogP contribution in [-0.2, 0) is 11.2 Å². The summed E-state index contributed by atoms with van der Waals surface area (Å²) in [6.45, 7) is 6.45. The minimum absolute atomic E-state index is 0.0101. The highest BCUT2D eigenvalue weighted by Crippen LogP contribution is 2.30. The molecule has 0 fully saturated rings. The van der Waals surface area contributed by atoms with Crippen molar-refractivity contribution < 1.29 is 9.90 Å². The lowest BCUT2D eigenvalue weighted by atomic mass is 9.83. The number of carboxylic acid groups (broad SMARTS) is 1. The van der Waals surface area contributed by atoms with Gasteiger partial charge in [0.05, 0.1) is 5.92 Å². The molecule has 31 heavy (non-hydrogen) atoms. The third kappa shape index (κ3) is 8.43. The van der Waals surface area contributed by atoms with Gasteiger partial charge in [-0.05, 0) is 36.3 Å². The van der Waals surface area contributed by atoms with Crippen molar-refractivity contribution in [2.24, 2.45) is 5.92 Å². The van der Waals surface area contributed by atoms with Gasteiger partial charge in [0.1, 0.15) is 0 Å². The van der Waals surface area contributed by atoms with E-state index in [2.05, 4.69) is 23.8 Å². The highest BCUT2D eigenvalue weighted by Gasteiger charge is 2.25. The Morgan fingerprint density at radius 1 is 0.871 bits per heavy atom. The predicted octanol–water partition coefficient (Wildman–Crippen LogP) is 7.43. The zero-order chi connectivity index (χ0) is 22.5. The summed E-state index contributed by atoms with van der Waals surface area (Å²) in [5, 5.41) is 9.76. The topological polar surface area (TPSA) is 63.1 Å². The number of aliphatic carboxylic acids is 1. The van der Waals surface area contributed by atoms with Crippen LogP contribution in [0.3, 0.4) is 0 Å². The highest BCUT2D eigenvalue weighted by atomic mass is 16.4. The molecule has 1 aromatic carbocycles. The van der Waals surface area contributed by atoms with Gasteiger partial charge in [-0.15, -0.1) is 0 Å². The molecule has 4 heteroatoms. The van der Waals surface area contributed by atoms with Gasteiger partial charge in [0.2, 0.25) is 0 Å². The molecule has 0 amide bonds. The molecule has 1 aromatic heterocycles. The summed E-state index contributed by atoms with van der Waals surface area (Å²) in [6.07, 6.45) is 16.3. The summed E-state index contributed by atoms with van der Waals surface area (Å²) in [4.78, 5) is 20.9. The van der Waals surface area contributed by atoms with Crippen LogP contribution in [-0.4, -0.2) is 21.0 Å². The average Bonchev–Trinajstić information content (AvgIpc) is 2.79. The van der Waals surface area contributed by atoms with E-state index < -0.39 is 5.97 Å². The number of nitrogens with zero attached hydrogens (tertiary/aromatic N) is 2. The van der Waals surface area contributed by atoms with E-state index >= 15 is 0 Å². The molecule has 2 rings (SSSR count). The van der Waals surface area contributed by atoms with E-state index in [4.69, 9.17) is 0 Å². The van der Waals surface area contributed by atoms with E-state index in [0.29, 0.717) is 0 Å². The second kappa shape index (κ2) is 14.0. The van der Waals surface area contributed by atoms with Crippen LogP contribution >= 0.6 is 0 Å². The number of carboxylic acids is 1. The molecule has 0 aliphatic heterocycles. The molecule has 0 bridgehead atoms. The molecule has 2 atom stereocenters. The van der Waals surface area contributed by atoms with Crippen molar-refractivity contribution in [2.75, 3.05) is 0 Å². The van der Waals surface area contributed by atoms with Crippen molar-refractivity contribution in [3.05, 3.63) is 47.8 Å². The number of benzene rings is 1. The van der Waals surface area contributed by atoms with Crippen LogP contribution in [0.15, 0.2) is 36.7 Å². The van der Waals surface area contributed by atoms with E-state index in [0.717, 1.165) is 42.6 Å². The van der Waals surface area contributed by atoms with Crippen molar-refractivity contribution in [2.45, 2.75) is 97.3 Å². The summed E-state index contributed by atoms with van der Waals surface area (Å²) in [6, 6.07) is 8.11. The van der Waals surface area contributed by atoms with Gasteiger partial charge in [0, 0.05) is 18.0 Å². The van der Waals surface area contributed by atoms with Gasteiger partial charge in [0.15, 0.2) is 5.82 Å². The monoisotopic (exact) mass is 424 g/mol. The molecule has 0 saturated heterocycles. The first-order chi connectivity index (χ1) is 15.1. The molecule has 4 nitrogen and oxygen atoms in total. The second-order valence-corrected chi connectivity index (χ2v) is 8.78. The Kier molecular flexibility index (Phi) is 11.3. The Hall–Kier alpha value is -2.23. The van der Waals surface area contributed by atoms with Gasteiger partial charge in [0.25, 0.3) is 0 Å². The first kappa shape index (κ1) is 25.0. The standard InChI is InChI=1S/C27H40N2O2/c1-4-6-8-9-10-12-14-25(27(30)31)21(3)23-15-17-24(18-16-23)26-28-19-22(20-29-26)13-11-7-5-2/h15-21,25H,4-14H2,1-3H3,(H,30,31). The van der Waals surface area contributed by atoms with Gasteiger partial charge in [-0.25, -0.2) is 9.97 Å². The number of rotatable bonds is 15. The molecule has 0 radical (unpaired) electrons. The first-order valence-electron chi connectivity index (χ1n) is 12.2. The molecule has 0 spiro atoms. The molecule has 2 aromatic rings. The number of hydrogen-bond donors (Lipinski definition) is 1. The summed E-state index contributed by atoms with van der Waals surface area (Å²) in [5.74, 6) is -0.313. The number of aromatic nitrogens is 2. The lowest BCUT2D eigenvalue weighted by molar-refractivity contribution is -0.142. The largest absolute Gasteiger partial charge is 0.481 e. The number of hydrogen-bond acceptors (Lipinski definition) is 3. The van der Waals surface area contributed by atoms with Crippen LogP contribution in [0.2, 0.25) is 0 Å². The molecule has 0 saturated carbocycles. The van der Waals surface area contributed by atoms with Crippen molar-refractivity contribution in [3.63, 3.8) is 0 Å². The Balaban J connectivity index is 1.94. The van der Waals surface area contributed by atoms with Crippen molar-refractivity contribution >= 4 is 5.97 Å². The van der Waals surface area contributed by atoms with Gasteiger partial charge in [-0.3, -0.25) is 4.79 Å². The summed E-state index contributed by atoms with van der Waals surface area (Å²) in [5.41, 5.74) is 3.22. The lowest BCUT2D eigenvalue weighted by Gasteiger charge is -2.21. The van der Waals surface area contributed by atoms with E-state index in [1.54, 1.807) is 0 Å². The number of unbranched alkanes of at least 4 members (excludes halogenated alkanes) is 7. The van der Waals surface area contributed by atoms with Crippen molar-refractivity contribution in [1.82, 2.24) is 9.97 Å². The fourth-order valence-electron chi connectivity index (χ4n) is 4.11. The Morgan fingerprint density at radius 3 is 2.06 bits per heavy atom. The normalized spacial score (nSPS) is 13.1. The maximum atomic E-state index is 11.9. The third-order valence-electron chi connectivity index (χ3n) is 6.26. The second-order valence-electron chi connectivity index (χ2n) is 8.78. The fourth-order valence-corrected chi connectivity index (χ4v) is 4.11. The van der Waals surface area contributed by atoms with Crippen LogP contribution in [0.4, 0.5) is 0 Å². The quantitative estimate of drug-likeness (QED) is 0.302. The van der Waals surface area contributed by atoms with Gasteiger partial charge >= 0.3 is 5.97 Å². The van der Waals surface area contributed by atoms with Crippen LogP contribution in [0.1, 0.15) is 102 Å². The van der Waals surface area contributed by atoms with Crippen molar-refractivity contribution in [1.29, 1.82) is 0 Å². The third-order valence-corrected chi connectivity index (χ3v) is 6.26. The molecular weight excluding hydrogens is 384 g/mol. The molecule has 1 heterocycles. The molecule has 1 N–H and O–H groups in total. The zero-order valence-electron chi connectivity index (χ0n) is 19.6.